The Bertz CT molecular complexity index is 956. The molecule has 0 spiro atoms. The molecule has 1 amide bonds. The van der Waals surface area contributed by atoms with Crippen LogP contribution in [0.3, 0.4) is 0 Å². The number of aromatic nitrogens is 3. The van der Waals surface area contributed by atoms with Crippen molar-refractivity contribution in [3.63, 3.8) is 0 Å². The van der Waals surface area contributed by atoms with Crippen molar-refractivity contribution in [1.82, 2.24) is 19.9 Å². The molecule has 3 aromatic heterocycles. The van der Waals surface area contributed by atoms with Crippen molar-refractivity contribution < 1.29 is 4.79 Å². The summed E-state index contributed by atoms with van der Waals surface area (Å²) in [6, 6.07) is 6.06. The number of amides is 1. The van der Waals surface area contributed by atoms with Gasteiger partial charge in [-0.3, -0.25) is 9.78 Å². The number of nitrogens with zero attached hydrogens (tertiary/aromatic N) is 3. The molecule has 0 unspecified atom stereocenters. The first-order valence-corrected chi connectivity index (χ1v) is 11.3. The SMILES string of the molecule is CCCCNC(=O)c1cc(-c2csc(-c3ccc(C)nc3)n2)n(CCCC)c1C. The van der Waals surface area contributed by atoms with Crippen LogP contribution in [-0.4, -0.2) is 27.0 Å². The molecule has 0 aliphatic rings. The average molecular weight is 411 g/mol. The first-order chi connectivity index (χ1) is 14.0. The molecule has 0 aromatic carbocycles. The maximum Gasteiger partial charge on any atom is 0.253 e. The van der Waals surface area contributed by atoms with Crippen molar-refractivity contribution >= 4 is 17.2 Å². The Balaban J connectivity index is 1.94. The molecule has 154 valence electrons. The number of thiazole rings is 1. The van der Waals surface area contributed by atoms with Gasteiger partial charge in [-0.1, -0.05) is 26.7 Å². The molecule has 0 aliphatic heterocycles. The van der Waals surface area contributed by atoms with Crippen molar-refractivity contribution in [2.45, 2.75) is 59.9 Å². The molecule has 0 bridgehead atoms. The van der Waals surface area contributed by atoms with E-state index in [0.717, 1.165) is 71.1 Å². The van der Waals surface area contributed by atoms with E-state index in [-0.39, 0.29) is 5.91 Å². The molecule has 6 heteroatoms. The zero-order valence-electron chi connectivity index (χ0n) is 17.8. The summed E-state index contributed by atoms with van der Waals surface area (Å²) in [5, 5.41) is 6.07. The van der Waals surface area contributed by atoms with Crippen molar-refractivity contribution in [2.75, 3.05) is 6.54 Å². The zero-order chi connectivity index (χ0) is 20.8. The first-order valence-electron chi connectivity index (χ1n) is 10.4. The van der Waals surface area contributed by atoms with Gasteiger partial charge >= 0.3 is 0 Å². The van der Waals surface area contributed by atoms with E-state index < -0.39 is 0 Å². The molecule has 0 fully saturated rings. The van der Waals surface area contributed by atoms with Crippen LogP contribution >= 0.6 is 11.3 Å². The minimum atomic E-state index is 0.00522. The van der Waals surface area contributed by atoms with E-state index in [2.05, 4.69) is 40.2 Å². The number of unbranched alkanes of at least 4 members (excludes halogenated alkanes) is 2. The van der Waals surface area contributed by atoms with Gasteiger partial charge in [-0.2, -0.15) is 0 Å². The summed E-state index contributed by atoms with van der Waals surface area (Å²) in [5.74, 6) is 0.00522. The number of hydrogen-bond acceptors (Lipinski definition) is 4. The van der Waals surface area contributed by atoms with Crippen LogP contribution in [-0.2, 0) is 6.54 Å². The third-order valence-corrected chi connectivity index (χ3v) is 5.98. The highest BCUT2D eigenvalue weighted by molar-refractivity contribution is 7.13. The van der Waals surface area contributed by atoms with Crippen LogP contribution < -0.4 is 5.32 Å². The van der Waals surface area contributed by atoms with Crippen LogP contribution in [0.4, 0.5) is 0 Å². The molecular weight excluding hydrogens is 380 g/mol. The molecule has 3 rings (SSSR count). The first kappa shape index (κ1) is 21.2. The van der Waals surface area contributed by atoms with Gasteiger partial charge in [0.1, 0.15) is 5.01 Å². The summed E-state index contributed by atoms with van der Waals surface area (Å²) >= 11 is 1.61. The number of carbonyl (C=O) groups is 1. The number of hydrogen-bond donors (Lipinski definition) is 1. The lowest BCUT2D eigenvalue weighted by molar-refractivity contribution is 0.0952. The lowest BCUT2D eigenvalue weighted by atomic mass is 10.2. The quantitative estimate of drug-likeness (QED) is 0.466. The second kappa shape index (κ2) is 9.83. The fourth-order valence-corrected chi connectivity index (χ4v) is 4.09. The van der Waals surface area contributed by atoms with Crippen molar-refractivity contribution in [1.29, 1.82) is 0 Å². The van der Waals surface area contributed by atoms with Crippen molar-refractivity contribution in [2.24, 2.45) is 0 Å². The fraction of sp³-hybridized carbons (Fsp3) is 0.435. The van der Waals surface area contributed by atoms with Gasteiger partial charge in [0.2, 0.25) is 0 Å². The number of rotatable bonds is 9. The third kappa shape index (κ3) is 4.93. The standard InChI is InChI=1S/C23H30N4OS/c1-5-7-11-24-22(28)19-13-21(27(17(19)4)12-8-6-2)20-15-29-23(26-20)18-10-9-16(3)25-14-18/h9-10,13-15H,5-8,11-12H2,1-4H3,(H,24,28). The molecule has 1 N–H and O–H groups in total. The number of pyridine rings is 1. The van der Waals surface area contributed by atoms with Gasteiger partial charge in [-0.05, 0) is 44.9 Å². The van der Waals surface area contributed by atoms with E-state index in [1.54, 1.807) is 11.3 Å². The molecule has 29 heavy (non-hydrogen) atoms. The van der Waals surface area contributed by atoms with Crippen LogP contribution in [0.1, 0.15) is 61.3 Å². The van der Waals surface area contributed by atoms with Crippen LogP contribution in [0.2, 0.25) is 0 Å². The summed E-state index contributed by atoms with van der Waals surface area (Å²) < 4.78 is 2.24. The highest BCUT2D eigenvalue weighted by Gasteiger charge is 2.20. The maximum absolute atomic E-state index is 12.7. The fourth-order valence-electron chi connectivity index (χ4n) is 3.28. The number of nitrogens with one attached hydrogen (secondary N) is 1. The van der Waals surface area contributed by atoms with E-state index in [1.807, 2.05) is 32.2 Å². The van der Waals surface area contributed by atoms with Gasteiger partial charge in [0.15, 0.2) is 0 Å². The largest absolute Gasteiger partial charge is 0.352 e. The van der Waals surface area contributed by atoms with Crippen LogP contribution in [0.25, 0.3) is 22.0 Å². The monoisotopic (exact) mass is 410 g/mol. The van der Waals surface area contributed by atoms with Gasteiger partial charge in [0.25, 0.3) is 5.91 Å². The average Bonchev–Trinajstić information content (AvgIpc) is 3.32. The zero-order valence-corrected chi connectivity index (χ0v) is 18.6. The summed E-state index contributed by atoms with van der Waals surface area (Å²) in [4.78, 5) is 22.0. The summed E-state index contributed by atoms with van der Waals surface area (Å²) in [6.07, 6.45) is 6.10. The van der Waals surface area contributed by atoms with E-state index in [1.165, 1.54) is 0 Å². The summed E-state index contributed by atoms with van der Waals surface area (Å²) in [7, 11) is 0. The van der Waals surface area contributed by atoms with E-state index >= 15 is 0 Å². The highest BCUT2D eigenvalue weighted by atomic mass is 32.1. The smallest absolute Gasteiger partial charge is 0.253 e. The van der Waals surface area contributed by atoms with Crippen LogP contribution in [0.15, 0.2) is 29.8 Å². The molecule has 5 nitrogen and oxygen atoms in total. The minimum Gasteiger partial charge on any atom is -0.352 e. The van der Waals surface area contributed by atoms with Gasteiger partial charge in [0, 0.05) is 41.6 Å². The Morgan fingerprint density at radius 1 is 1.17 bits per heavy atom. The van der Waals surface area contributed by atoms with Gasteiger partial charge in [0.05, 0.1) is 17.0 Å². The second-order valence-electron chi connectivity index (χ2n) is 7.37. The highest BCUT2D eigenvalue weighted by Crippen LogP contribution is 2.31. The molecule has 0 saturated carbocycles. The molecule has 3 heterocycles. The topological polar surface area (TPSA) is 59.8 Å². The molecule has 0 saturated heterocycles. The predicted molar refractivity (Wildman–Crippen MR) is 120 cm³/mol. The molecule has 0 atom stereocenters. The lowest BCUT2D eigenvalue weighted by Crippen LogP contribution is -2.24. The van der Waals surface area contributed by atoms with Gasteiger partial charge < -0.3 is 9.88 Å². The maximum atomic E-state index is 12.7. The molecule has 0 aliphatic carbocycles. The molecule has 3 aromatic rings. The minimum absolute atomic E-state index is 0.00522. The van der Waals surface area contributed by atoms with Crippen molar-refractivity contribution in [3.8, 4) is 22.0 Å². The second-order valence-corrected chi connectivity index (χ2v) is 8.23. The normalized spacial score (nSPS) is 11.0. The Morgan fingerprint density at radius 2 is 1.97 bits per heavy atom. The van der Waals surface area contributed by atoms with Crippen LogP contribution in [0, 0.1) is 13.8 Å². The summed E-state index contributed by atoms with van der Waals surface area (Å²) in [6.45, 7) is 9.92. The van der Waals surface area contributed by atoms with Gasteiger partial charge in [-0.15, -0.1) is 11.3 Å². The van der Waals surface area contributed by atoms with Crippen molar-refractivity contribution in [3.05, 3.63) is 46.7 Å². The molecule has 0 radical (unpaired) electrons. The Morgan fingerprint density at radius 3 is 2.66 bits per heavy atom. The van der Waals surface area contributed by atoms with E-state index in [0.29, 0.717) is 6.54 Å². The Kier molecular flexibility index (Phi) is 7.20. The van der Waals surface area contributed by atoms with Gasteiger partial charge in [-0.25, -0.2) is 4.98 Å². The summed E-state index contributed by atoms with van der Waals surface area (Å²) in [5.41, 5.74) is 5.70. The predicted octanol–water partition coefficient (Wildman–Crippen LogP) is 5.62. The number of carbonyl (C=O) groups excluding carboxylic acids is 1. The van der Waals surface area contributed by atoms with E-state index in [4.69, 9.17) is 4.98 Å². The van der Waals surface area contributed by atoms with Crippen LogP contribution in [0.5, 0.6) is 0 Å². The lowest BCUT2D eigenvalue weighted by Gasteiger charge is -2.10. The molecular formula is C23H30N4OS. The Hall–Kier alpha value is -2.47. The number of aryl methyl sites for hydroxylation is 1. The third-order valence-electron chi connectivity index (χ3n) is 5.09. The Labute approximate surface area is 177 Å². The van der Waals surface area contributed by atoms with E-state index in [9.17, 15) is 4.79 Å².